The van der Waals surface area contributed by atoms with Gasteiger partial charge in [-0.05, 0) is 31.7 Å². The Kier molecular flexibility index (Phi) is 5.08. The van der Waals surface area contributed by atoms with Crippen molar-refractivity contribution >= 4 is 11.8 Å². The normalized spacial score (nSPS) is 23.8. The van der Waals surface area contributed by atoms with Crippen LogP contribution in [0.3, 0.4) is 0 Å². The van der Waals surface area contributed by atoms with Gasteiger partial charge in [-0.25, -0.2) is 9.55 Å². The maximum atomic E-state index is 12.8. The van der Waals surface area contributed by atoms with Gasteiger partial charge in [0.1, 0.15) is 18.4 Å². The molecule has 2 aromatic heterocycles. The van der Waals surface area contributed by atoms with E-state index in [1.54, 1.807) is 16.8 Å². The molecule has 3 aromatic rings. The van der Waals surface area contributed by atoms with Crippen molar-refractivity contribution in [2.24, 2.45) is 7.05 Å². The van der Waals surface area contributed by atoms with Crippen molar-refractivity contribution in [1.82, 2.24) is 19.4 Å². The quantitative estimate of drug-likeness (QED) is 0.660. The molecule has 0 saturated carbocycles. The van der Waals surface area contributed by atoms with Gasteiger partial charge in [0.15, 0.2) is 0 Å². The molecule has 0 spiro atoms. The average molecular weight is 418 g/mol. The number of rotatable bonds is 5. The lowest BCUT2D eigenvalue weighted by atomic mass is 10.1. The zero-order valence-corrected chi connectivity index (χ0v) is 18.2. The Morgan fingerprint density at radius 1 is 1.16 bits per heavy atom. The molecule has 2 aliphatic heterocycles. The van der Waals surface area contributed by atoms with Crippen LogP contribution in [0.15, 0.2) is 59.5 Å². The molecule has 4 heterocycles. The Hall–Kier alpha value is -3.03. The van der Waals surface area contributed by atoms with Gasteiger partial charge >= 0.3 is 5.95 Å². The molecule has 1 aromatic carbocycles. The summed E-state index contributed by atoms with van der Waals surface area (Å²) in [4.78, 5) is 26.0. The zero-order chi connectivity index (χ0) is 21.5. The minimum atomic E-state index is -0.0207. The van der Waals surface area contributed by atoms with E-state index in [0.717, 1.165) is 30.4 Å². The van der Waals surface area contributed by atoms with E-state index in [9.17, 15) is 4.79 Å². The summed E-state index contributed by atoms with van der Waals surface area (Å²) in [6.45, 7) is 4.17. The average Bonchev–Trinajstić information content (AvgIpc) is 3.36. The number of benzene rings is 1. The van der Waals surface area contributed by atoms with Crippen LogP contribution in [-0.4, -0.2) is 51.7 Å². The van der Waals surface area contributed by atoms with Crippen molar-refractivity contribution in [3.8, 4) is 11.3 Å². The summed E-state index contributed by atoms with van der Waals surface area (Å²) in [6, 6.07) is 17.0. The van der Waals surface area contributed by atoms with E-state index in [0.29, 0.717) is 17.8 Å². The smallest absolute Gasteiger partial charge is 0.310 e. The number of likely N-dealkylation sites (tertiary alicyclic amines) is 1. The Labute approximate surface area is 182 Å². The summed E-state index contributed by atoms with van der Waals surface area (Å²) in [6.07, 6.45) is 2.94. The standard InChI is InChI=1S/C24H28N6O/c1-16(17-7-5-4-6-8-17)26-22-11-18(9-10-25-22)21-13-23(31)29(3)24(27-21)30-15-19-12-20(30)14-28(19)2/h4-11,13,16,19-20H,12,14-15H2,1-3H3,(H,25,26)/p+1/t16-,19?,20?/m0/s1. The number of hydrogen-bond acceptors (Lipinski definition) is 5. The van der Waals surface area contributed by atoms with Crippen LogP contribution in [0.4, 0.5) is 11.8 Å². The lowest BCUT2D eigenvalue weighted by molar-refractivity contribution is -0.857. The number of aromatic nitrogens is 3. The van der Waals surface area contributed by atoms with Crippen LogP contribution < -0.4 is 15.8 Å². The predicted molar refractivity (Wildman–Crippen MR) is 122 cm³/mol. The van der Waals surface area contributed by atoms with Gasteiger partial charge in [0.05, 0.1) is 18.3 Å². The maximum absolute atomic E-state index is 12.8. The second-order valence-electron chi connectivity index (χ2n) is 8.82. The van der Waals surface area contributed by atoms with E-state index in [1.807, 2.05) is 37.4 Å². The molecule has 4 atom stereocenters. The lowest BCUT2D eigenvalue weighted by Crippen LogP contribution is -3.12. The summed E-state index contributed by atoms with van der Waals surface area (Å²) < 4.78 is 1.71. The Balaban J connectivity index is 1.44. The van der Waals surface area contributed by atoms with Gasteiger partial charge < -0.3 is 5.32 Å². The number of anilines is 1. The molecule has 0 aliphatic carbocycles. The first kappa shape index (κ1) is 19.9. The van der Waals surface area contributed by atoms with Gasteiger partial charge in [-0.15, -0.1) is 0 Å². The molecule has 5 rings (SSSR count). The lowest BCUT2D eigenvalue weighted by Gasteiger charge is -2.28. The molecular weight excluding hydrogens is 388 g/mol. The van der Waals surface area contributed by atoms with E-state index in [1.165, 1.54) is 16.9 Å². The van der Waals surface area contributed by atoms with E-state index < -0.39 is 0 Å². The molecule has 7 nitrogen and oxygen atoms in total. The SMILES string of the molecule is C[C@H](Nc1cc(-c2cc(=O)n(C)c([NH+]3CC4CC3CN4C)n2)ccn1)c1ccccc1. The second-order valence-corrected chi connectivity index (χ2v) is 8.82. The first-order valence-corrected chi connectivity index (χ1v) is 10.9. The minimum absolute atomic E-state index is 0.0207. The topological polar surface area (TPSA) is 67.5 Å². The van der Waals surface area contributed by atoms with Gasteiger partial charge in [0.25, 0.3) is 5.56 Å². The van der Waals surface area contributed by atoms with Crippen LogP contribution in [0, 0.1) is 0 Å². The molecule has 2 aliphatic rings. The Morgan fingerprint density at radius 2 is 1.97 bits per heavy atom. The molecule has 2 saturated heterocycles. The molecule has 2 N–H and O–H groups in total. The zero-order valence-electron chi connectivity index (χ0n) is 18.2. The molecule has 31 heavy (non-hydrogen) atoms. The summed E-state index contributed by atoms with van der Waals surface area (Å²) in [5.74, 6) is 1.61. The third kappa shape index (κ3) is 3.75. The number of piperazine rings is 1. The number of nitrogens with one attached hydrogen (secondary N) is 2. The number of quaternary nitrogens is 1. The van der Waals surface area contributed by atoms with Crippen molar-refractivity contribution in [3.63, 3.8) is 0 Å². The molecule has 2 fully saturated rings. The van der Waals surface area contributed by atoms with Crippen molar-refractivity contribution in [2.45, 2.75) is 31.5 Å². The van der Waals surface area contributed by atoms with Crippen LogP contribution >= 0.6 is 0 Å². The summed E-state index contributed by atoms with van der Waals surface area (Å²) in [5.41, 5.74) is 2.78. The van der Waals surface area contributed by atoms with Crippen molar-refractivity contribution in [1.29, 1.82) is 0 Å². The highest BCUT2D eigenvalue weighted by Crippen LogP contribution is 2.24. The third-order valence-electron chi connectivity index (χ3n) is 6.78. The molecule has 160 valence electrons. The highest BCUT2D eigenvalue weighted by molar-refractivity contribution is 5.63. The number of likely N-dealkylation sites (N-methyl/N-ethyl adjacent to an activating group) is 1. The van der Waals surface area contributed by atoms with Crippen LogP contribution in [0.5, 0.6) is 0 Å². The third-order valence-corrected chi connectivity index (χ3v) is 6.78. The molecule has 0 radical (unpaired) electrons. The highest BCUT2D eigenvalue weighted by Gasteiger charge is 2.47. The number of hydrogen-bond donors (Lipinski definition) is 2. The fraction of sp³-hybridized carbons (Fsp3) is 0.375. The number of fused-ring (bicyclic) bond motifs is 2. The van der Waals surface area contributed by atoms with Gasteiger partial charge in [-0.2, -0.15) is 4.98 Å². The number of pyridine rings is 1. The molecular formula is C24H29N6O+. The van der Waals surface area contributed by atoms with Crippen molar-refractivity contribution in [3.05, 3.63) is 70.6 Å². The Bertz CT molecular complexity index is 1140. The molecule has 3 unspecified atom stereocenters. The van der Waals surface area contributed by atoms with Crippen LogP contribution in [0.2, 0.25) is 0 Å². The largest absolute Gasteiger partial charge is 0.364 e. The summed E-state index contributed by atoms with van der Waals surface area (Å²) >= 11 is 0. The first-order valence-electron chi connectivity index (χ1n) is 10.9. The van der Waals surface area contributed by atoms with Crippen LogP contribution in [0.1, 0.15) is 24.9 Å². The maximum Gasteiger partial charge on any atom is 0.310 e. The van der Waals surface area contributed by atoms with Gasteiger partial charge in [0.2, 0.25) is 0 Å². The molecule has 0 amide bonds. The number of nitrogens with zero attached hydrogens (tertiary/aromatic N) is 4. The highest BCUT2D eigenvalue weighted by atomic mass is 16.1. The summed E-state index contributed by atoms with van der Waals surface area (Å²) in [7, 11) is 4.02. The van der Waals surface area contributed by atoms with Gasteiger partial charge in [-0.3, -0.25) is 14.6 Å². The molecule has 7 heteroatoms. The molecule has 2 bridgehead atoms. The fourth-order valence-electron chi connectivity index (χ4n) is 4.96. The van der Waals surface area contributed by atoms with Gasteiger partial charge in [0, 0.05) is 37.3 Å². The Morgan fingerprint density at radius 3 is 2.68 bits per heavy atom. The van der Waals surface area contributed by atoms with E-state index >= 15 is 0 Å². The predicted octanol–water partition coefficient (Wildman–Crippen LogP) is 1.62. The van der Waals surface area contributed by atoms with Crippen molar-refractivity contribution in [2.75, 3.05) is 25.5 Å². The van der Waals surface area contributed by atoms with E-state index in [2.05, 4.69) is 41.3 Å². The van der Waals surface area contributed by atoms with Crippen LogP contribution in [0.25, 0.3) is 11.3 Å². The summed E-state index contributed by atoms with van der Waals surface area (Å²) in [5, 5.41) is 3.46. The second kappa shape index (κ2) is 7.90. The first-order chi connectivity index (χ1) is 15.0. The van der Waals surface area contributed by atoms with E-state index in [-0.39, 0.29) is 11.6 Å². The minimum Gasteiger partial charge on any atom is -0.364 e. The fourth-order valence-corrected chi connectivity index (χ4v) is 4.96. The van der Waals surface area contributed by atoms with Crippen LogP contribution in [-0.2, 0) is 7.05 Å². The van der Waals surface area contributed by atoms with E-state index in [4.69, 9.17) is 4.98 Å². The van der Waals surface area contributed by atoms with Crippen molar-refractivity contribution < 1.29 is 4.90 Å². The van der Waals surface area contributed by atoms with Gasteiger partial charge in [-0.1, -0.05) is 30.3 Å². The monoisotopic (exact) mass is 417 g/mol.